The van der Waals surface area contributed by atoms with Gasteiger partial charge in [-0.3, -0.25) is 4.90 Å². The van der Waals surface area contributed by atoms with Crippen LogP contribution in [-0.2, 0) is 19.5 Å². The highest BCUT2D eigenvalue weighted by atomic mass is 16.5. The van der Waals surface area contributed by atoms with Crippen LogP contribution in [-0.4, -0.2) is 48.7 Å². The Morgan fingerprint density at radius 1 is 1.14 bits per heavy atom. The second kappa shape index (κ2) is 10.4. The van der Waals surface area contributed by atoms with E-state index in [4.69, 9.17) is 15.7 Å². The lowest BCUT2D eigenvalue weighted by Gasteiger charge is -2.32. The lowest BCUT2D eigenvalue weighted by Crippen LogP contribution is -2.33. The summed E-state index contributed by atoms with van der Waals surface area (Å²) >= 11 is 0. The number of terminal acetylenes is 1. The van der Waals surface area contributed by atoms with E-state index >= 15 is 0 Å². The second-order valence-electron chi connectivity index (χ2n) is 10.7. The molecule has 0 unspecified atom stereocenters. The first-order valence-electron chi connectivity index (χ1n) is 13.0. The van der Waals surface area contributed by atoms with Gasteiger partial charge in [-0.2, -0.15) is 0 Å². The van der Waals surface area contributed by atoms with Crippen LogP contribution in [0, 0.1) is 23.7 Å². The van der Waals surface area contributed by atoms with Gasteiger partial charge in [-0.15, -0.1) is 6.42 Å². The van der Waals surface area contributed by atoms with Gasteiger partial charge in [0.05, 0.1) is 16.7 Å². The van der Waals surface area contributed by atoms with Crippen molar-refractivity contribution in [1.82, 2.24) is 15.0 Å². The average Bonchev–Trinajstić information content (AvgIpc) is 3.54. The summed E-state index contributed by atoms with van der Waals surface area (Å²) in [5, 5.41) is 5.62. The second-order valence-corrected chi connectivity index (χ2v) is 10.7. The lowest BCUT2D eigenvalue weighted by molar-refractivity contribution is 0.172. The first kappa shape index (κ1) is 23.9. The molecule has 5 rings (SSSR count). The molecule has 0 radical (unpaired) electrons. The summed E-state index contributed by atoms with van der Waals surface area (Å²) < 4.78 is 12.1. The van der Waals surface area contributed by atoms with Crippen LogP contribution in [0.25, 0.3) is 11.0 Å². The molecule has 0 atom stereocenters. The molecule has 0 amide bonds. The quantitative estimate of drug-likeness (QED) is 0.364. The molecule has 1 aromatic heterocycles. The Bertz CT molecular complexity index is 1170. The maximum Gasteiger partial charge on any atom is 0.175 e. The first-order chi connectivity index (χ1) is 17.0. The third kappa shape index (κ3) is 5.72. The van der Waals surface area contributed by atoms with E-state index in [2.05, 4.69) is 77.4 Å². The fourth-order valence-corrected chi connectivity index (χ4v) is 5.19. The number of benzene rings is 2. The molecule has 5 nitrogen and oxygen atoms in total. The Labute approximate surface area is 209 Å². The van der Waals surface area contributed by atoms with Gasteiger partial charge >= 0.3 is 0 Å². The van der Waals surface area contributed by atoms with Crippen LogP contribution in [0.1, 0.15) is 48.9 Å². The van der Waals surface area contributed by atoms with Crippen LogP contribution in [0.2, 0.25) is 0 Å². The van der Waals surface area contributed by atoms with Crippen molar-refractivity contribution in [2.45, 2.75) is 51.6 Å². The minimum Gasteiger partial charge on any atom is -0.492 e. The maximum atomic E-state index is 6.22. The van der Waals surface area contributed by atoms with Gasteiger partial charge in [-0.05, 0) is 89.3 Å². The van der Waals surface area contributed by atoms with Crippen molar-refractivity contribution in [3.05, 3.63) is 59.3 Å². The molecule has 0 spiro atoms. The number of hydrogen-bond acceptors (Lipinski definition) is 5. The largest absolute Gasteiger partial charge is 0.492 e. The molecule has 0 N–H and O–H groups in total. The van der Waals surface area contributed by atoms with E-state index < -0.39 is 0 Å². The summed E-state index contributed by atoms with van der Waals surface area (Å²) in [6, 6.07) is 15.0. The van der Waals surface area contributed by atoms with Gasteiger partial charge in [0.25, 0.3) is 0 Å². The molecular formula is C30H37N3O2. The highest BCUT2D eigenvalue weighted by Crippen LogP contribution is 2.45. The Balaban J connectivity index is 1.21. The van der Waals surface area contributed by atoms with E-state index in [-0.39, 0.29) is 5.41 Å². The van der Waals surface area contributed by atoms with E-state index in [1.54, 1.807) is 0 Å². The molecule has 2 aromatic carbocycles. The van der Waals surface area contributed by atoms with Gasteiger partial charge in [0.15, 0.2) is 5.58 Å². The van der Waals surface area contributed by atoms with Crippen LogP contribution in [0.5, 0.6) is 5.75 Å². The highest BCUT2D eigenvalue weighted by molar-refractivity contribution is 5.84. The Morgan fingerprint density at radius 3 is 2.60 bits per heavy atom. The zero-order chi connectivity index (χ0) is 24.3. The summed E-state index contributed by atoms with van der Waals surface area (Å²) in [4.78, 5) is 4.72. The molecule has 1 aliphatic heterocycles. The van der Waals surface area contributed by atoms with Gasteiger partial charge in [0, 0.05) is 18.5 Å². The fourth-order valence-electron chi connectivity index (χ4n) is 5.19. The normalized spacial score (nSPS) is 18.1. The number of piperidine rings is 1. The van der Waals surface area contributed by atoms with Crippen molar-refractivity contribution < 1.29 is 9.26 Å². The summed E-state index contributed by atoms with van der Waals surface area (Å²) in [7, 11) is 4.13. The van der Waals surface area contributed by atoms with Gasteiger partial charge in [0.2, 0.25) is 0 Å². The Morgan fingerprint density at radius 2 is 1.91 bits per heavy atom. The maximum absolute atomic E-state index is 6.22. The smallest absolute Gasteiger partial charge is 0.175 e. The van der Waals surface area contributed by atoms with Crippen molar-refractivity contribution in [3.8, 4) is 18.1 Å². The molecule has 184 valence electrons. The van der Waals surface area contributed by atoms with E-state index in [1.165, 1.54) is 31.5 Å². The molecule has 3 aromatic rings. The number of hydrogen-bond donors (Lipinski definition) is 0. The Kier molecular flexibility index (Phi) is 7.13. The van der Waals surface area contributed by atoms with Crippen LogP contribution >= 0.6 is 0 Å². The molecule has 2 heterocycles. The number of rotatable bonds is 10. The predicted molar refractivity (Wildman–Crippen MR) is 140 cm³/mol. The fraction of sp³-hybridized carbons (Fsp3) is 0.500. The average molecular weight is 472 g/mol. The number of aryl methyl sites for hydroxylation is 1. The monoisotopic (exact) mass is 471 g/mol. The van der Waals surface area contributed by atoms with Gasteiger partial charge in [-0.1, -0.05) is 41.4 Å². The van der Waals surface area contributed by atoms with Gasteiger partial charge in [0.1, 0.15) is 12.4 Å². The minimum absolute atomic E-state index is 0.0758. The van der Waals surface area contributed by atoms with E-state index in [9.17, 15) is 0 Å². The summed E-state index contributed by atoms with van der Waals surface area (Å²) in [5.41, 5.74) is 4.32. The standard InChI is InChI=1S/C30H37N3O2/c1-4-30(16-17-30)22-34-28-13-11-25-27(31-35-29(25)26(28)21-32(2)3)12-10-23-14-18-33(19-15-23)20-24-8-6-5-7-9-24/h1,5-9,11,13,23H,10,12,14-22H2,2-3H3. The van der Waals surface area contributed by atoms with Gasteiger partial charge in [-0.25, -0.2) is 0 Å². The predicted octanol–water partition coefficient (Wildman–Crippen LogP) is 5.53. The minimum atomic E-state index is -0.0758. The SMILES string of the molecule is C#CC1(COc2ccc3c(CCC4CCN(Cc5ccccc5)CC4)noc3c2CN(C)C)CC1. The topological polar surface area (TPSA) is 41.7 Å². The number of fused-ring (bicyclic) bond motifs is 1. The Hall–Kier alpha value is -2.81. The molecule has 1 saturated carbocycles. The molecule has 1 aliphatic carbocycles. The molecule has 35 heavy (non-hydrogen) atoms. The summed E-state index contributed by atoms with van der Waals surface area (Å²) in [6.07, 6.45) is 12.4. The third-order valence-electron chi connectivity index (χ3n) is 7.66. The van der Waals surface area contributed by atoms with Crippen molar-refractivity contribution in [2.75, 3.05) is 33.8 Å². The highest BCUT2D eigenvalue weighted by Gasteiger charge is 2.42. The molecule has 2 fully saturated rings. The van der Waals surface area contributed by atoms with E-state index in [0.29, 0.717) is 6.61 Å². The molecule has 0 bridgehead atoms. The van der Waals surface area contributed by atoms with Crippen molar-refractivity contribution in [1.29, 1.82) is 0 Å². The number of ether oxygens (including phenoxy) is 1. The first-order valence-corrected chi connectivity index (χ1v) is 13.0. The van der Waals surface area contributed by atoms with Crippen LogP contribution in [0.4, 0.5) is 0 Å². The number of aromatic nitrogens is 1. The number of likely N-dealkylation sites (tertiary alicyclic amines) is 1. The molecule has 2 aliphatic rings. The van der Waals surface area contributed by atoms with E-state index in [1.807, 2.05) is 0 Å². The zero-order valence-corrected chi connectivity index (χ0v) is 21.1. The van der Waals surface area contributed by atoms with Crippen LogP contribution < -0.4 is 4.74 Å². The molecule has 5 heteroatoms. The van der Waals surface area contributed by atoms with Crippen LogP contribution in [0.15, 0.2) is 47.0 Å². The van der Waals surface area contributed by atoms with Gasteiger partial charge < -0.3 is 14.2 Å². The molecule has 1 saturated heterocycles. The van der Waals surface area contributed by atoms with Crippen molar-refractivity contribution in [3.63, 3.8) is 0 Å². The number of nitrogens with zero attached hydrogens (tertiary/aromatic N) is 3. The molecular weight excluding hydrogens is 434 g/mol. The summed E-state index contributed by atoms with van der Waals surface area (Å²) in [5.74, 6) is 4.52. The summed E-state index contributed by atoms with van der Waals surface area (Å²) in [6.45, 7) is 4.71. The van der Waals surface area contributed by atoms with E-state index in [0.717, 1.165) is 72.7 Å². The lowest BCUT2D eigenvalue weighted by atomic mass is 9.91. The zero-order valence-electron chi connectivity index (χ0n) is 21.1. The van der Waals surface area contributed by atoms with Crippen molar-refractivity contribution >= 4 is 11.0 Å². The third-order valence-corrected chi connectivity index (χ3v) is 7.66. The van der Waals surface area contributed by atoms with Crippen LogP contribution in [0.3, 0.4) is 0 Å². The van der Waals surface area contributed by atoms with Crippen molar-refractivity contribution in [2.24, 2.45) is 11.3 Å².